The van der Waals surface area contributed by atoms with Gasteiger partial charge in [0.2, 0.25) is 0 Å². The van der Waals surface area contributed by atoms with Crippen LogP contribution in [0.2, 0.25) is 0 Å². The lowest BCUT2D eigenvalue weighted by Gasteiger charge is -2.25. The number of halogens is 1. The summed E-state index contributed by atoms with van der Waals surface area (Å²) in [6, 6.07) is 14.5. The lowest BCUT2D eigenvalue weighted by Crippen LogP contribution is -2.31. The van der Waals surface area contributed by atoms with E-state index in [4.69, 9.17) is 9.15 Å². The van der Waals surface area contributed by atoms with E-state index in [-0.39, 0.29) is 23.8 Å². The van der Waals surface area contributed by atoms with Crippen LogP contribution in [-0.4, -0.2) is 47.7 Å². The Labute approximate surface area is 228 Å². The average Bonchev–Trinajstić information content (AvgIpc) is 3.71. The van der Waals surface area contributed by atoms with Crippen LogP contribution in [0.4, 0.5) is 10.1 Å². The largest absolute Gasteiger partial charge is 0.497 e. The van der Waals surface area contributed by atoms with Crippen LogP contribution >= 0.6 is 0 Å². The highest BCUT2D eigenvalue weighted by atomic mass is 32.2. The fraction of sp³-hybridized carbons (Fsp3) is 0.250. The summed E-state index contributed by atoms with van der Waals surface area (Å²) in [6.07, 6.45) is 3.53. The van der Waals surface area contributed by atoms with Gasteiger partial charge in [-0.2, -0.15) is 0 Å². The van der Waals surface area contributed by atoms with Crippen molar-refractivity contribution in [3.8, 4) is 17.1 Å². The van der Waals surface area contributed by atoms with Crippen molar-refractivity contribution < 1.29 is 32.6 Å². The standard InChI is InChI=1S/C28H28BFN2O6S/c1-31-28(33)26-21-13-20(17-5-6-17)23(14-24(21)38-27(26)18-7-9-19(30)10-8-18)32(39(3)36)15-16-4-11-22(29(34)35)25(12-16)37-2/h4,7-14,17,34-35H,5-6,15H2,1-3H3,(H,31,33). The van der Waals surface area contributed by atoms with Crippen molar-refractivity contribution in [3.05, 3.63) is 77.1 Å². The molecule has 0 bridgehead atoms. The molecule has 1 fully saturated rings. The molecule has 202 valence electrons. The second-order valence-electron chi connectivity index (χ2n) is 9.48. The number of methoxy groups -OCH3 is 1. The molecule has 4 aromatic rings. The normalized spacial score (nSPS) is 13.8. The van der Waals surface area contributed by atoms with Gasteiger partial charge in [0.25, 0.3) is 5.91 Å². The van der Waals surface area contributed by atoms with E-state index in [1.807, 2.05) is 12.1 Å². The van der Waals surface area contributed by atoms with Crippen molar-refractivity contribution >= 4 is 46.1 Å². The molecule has 11 heteroatoms. The highest BCUT2D eigenvalue weighted by molar-refractivity contribution is 7.85. The minimum absolute atomic E-state index is 0.233. The number of carbonyl (C=O) groups excluding carboxylic acids is 1. The topological polar surface area (TPSA) is 112 Å². The molecule has 1 saturated carbocycles. The Morgan fingerprint density at radius 3 is 2.49 bits per heavy atom. The molecule has 1 aromatic heterocycles. The summed E-state index contributed by atoms with van der Waals surface area (Å²) in [6.45, 7) is 0.250. The first-order chi connectivity index (χ1) is 18.7. The Balaban J connectivity index is 1.65. The summed E-state index contributed by atoms with van der Waals surface area (Å²) >= 11 is 0. The molecular weight excluding hydrogens is 522 g/mol. The zero-order valence-electron chi connectivity index (χ0n) is 21.7. The van der Waals surface area contributed by atoms with Gasteiger partial charge < -0.3 is 24.5 Å². The highest BCUT2D eigenvalue weighted by Gasteiger charge is 2.32. The van der Waals surface area contributed by atoms with Gasteiger partial charge in [-0.25, -0.2) is 8.60 Å². The molecule has 0 radical (unpaired) electrons. The molecule has 1 atom stereocenters. The quantitative estimate of drug-likeness (QED) is 0.275. The number of nitrogens with zero attached hydrogens (tertiary/aromatic N) is 1. The average molecular weight is 550 g/mol. The minimum atomic E-state index is -1.68. The second kappa shape index (κ2) is 10.8. The SMILES string of the molecule is CNC(=O)c1c(-c2ccc(F)cc2)oc2cc(N(Cc3ccc(B(O)O)c(OC)c3)S(C)=O)c(C3CC3)cc12. The van der Waals surface area contributed by atoms with Gasteiger partial charge in [-0.3, -0.25) is 9.10 Å². The third-order valence-electron chi connectivity index (χ3n) is 6.90. The second-order valence-corrected chi connectivity index (χ2v) is 10.8. The molecule has 1 unspecified atom stereocenters. The fourth-order valence-corrected chi connectivity index (χ4v) is 5.55. The first kappa shape index (κ1) is 26.9. The molecular formula is C28H28BFN2O6S. The maximum atomic E-state index is 13.6. The van der Waals surface area contributed by atoms with Crippen LogP contribution in [0.15, 0.2) is 59.0 Å². The minimum Gasteiger partial charge on any atom is -0.497 e. The van der Waals surface area contributed by atoms with Gasteiger partial charge in [-0.05, 0) is 66.3 Å². The van der Waals surface area contributed by atoms with Gasteiger partial charge in [0, 0.05) is 35.8 Å². The van der Waals surface area contributed by atoms with Crippen LogP contribution in [0.3, 0.4) is 0 Å². The number of rotatable bonds is 9. The van der Waals surface area contributed by atoms with Crippen molar-refractivity contribution in [1.82, 2.24) is 5.32 Å². The van der Waals surface area contributed by atoms with E-state index in [9.17, 15) is 23.4 Å². The van der Waals surface area contributed by atoms with Gasteiger partial charge >= 0.3 is 7.12 Å². The number of hydrogen-bond donors (Lipinski definition) is 3. The lowest BCUT2D eigenvalue weighted by atomic mass is 9.79. The summed E-state index contributed by atoms with van der Waals surface area (Å²) in [4.78, 5) is 13.0. The molecule has 0 saturated heterocycles. The number of carbonyl (C=O) groups is 1. The maximum Gasteiger partial charge on any atom is 0.492 e. The van der Waals surface area contributed by atoms with Crippen molar-refractivity contribution in [2.75, 3.05) is 24.7 Å². The van der Waals surface area contributed by atoms with Gasteiger partial charge in [0.15, 0.2) is 0 Å². The number of ether oxygens (including phenoxy) is 1. The number of hydrogen-bond acceptors (Lipinski definition) is 6. The molecule has 39 heavy (non-hydrogen) atoms. The first-order valence-electron chi connectivity index (χ1n) is 12.4. The number of anilines is 1. The summed E-state index contributed by atoms with van der Waals surface area (Å²) in [5.74, 6) is 0.173. The summed E-state index contributed by atoms with van der Waals surface area (Å²) in [5.41, 5.74) is 4.04. The van der Waals surface area contributed by atoms with Crippen LogP contribution in [0, 0.1) is 5.82 Å². The van der Waals surface area contributed by atoms with Gasteiger partial charge in [0.1, 0.15) is 33.9 Å². The van der Waals surface area contributed by atoms with E-state index in [0.29, 0.717) is 33.6 Å². The van der Waals surface area contributed by atoms with Crippen LogP contribution in [0.25, 0.3) is 22.3 Å². The van der Waals surface area contributed by atoms with Crippen molar-refractivity contribution in [2.24, 2.45) is 0 Å². The van der Waals surface area contributed by atoms with Crippen molar-refractivity contribution in [1.29, 1.82) is 0 Å². The maximum absolute atomic E-state index is 13.6. The van der Waals surface area contributed by atoms with Gasteiger partial charge in [0.05, 0.1) is 24.9 Å². The highest BCUT2D eigenvalue weighted by Crippen LogP contribution is 2.48. The van der Waals surface area contributed by atoms with E-state index >= 15 is 0 Å². The molecule has 0 aliphatic heterocycles. The summed E-state index contributed by atoms with van der Waals surface area (Å²) < 4.78 is 40.0. The Morgan fingerprint density at radius 1 is 1.18 bits per heavy atom. The van der Waals surface area contributed by atoms with Gasteiger partial charge in [-0.1, -0.05) is 12.1 Å². The fourth-order valence-electron chi connectivity index (χ4n) is 4.79. The van der Waals surface area contributed by atoms with E-state index in [1.165, 1.54) is 19.2 Å². The summed E-state index contributed by atoms with van der Waals surface area (Å²) in [5, 5.41) is 22.5. The first-order valence-corrected chi connectivity index (χ1v) is 14.0. The number of fused-ring (bicyclic) bond motifs is 1. The summed E-state index contributed by atoms with van der Waals surface area (Å²) in [7, 11) is -0.130. The molecule has 5 rings (SSSR count). The van der Waals surface area contributed by atoms with Crippen molar-refractivity contribution in [2.45, 2.75) is 25.3 Å². The van der Waals surface area contributed by atoms with E-state index in [0.717, 1.165) is 29.7 Å². The van der Waals surface area contributed by atoms with E-state index in [1.54, 1.807) is 47.9 Å². The molecule has 1 amide bonds. The Morgan fingerprint density at radius 2 is 1.90 bits per heavy atom. The number of furan rings is 1. The molecule has 3 N–H and O–H groups in total. The molecule has 0 spiro atoms. The molecule has 1 aliphatic carbocycles. The molecule has 8 nitrogen and oxygen atoms in total. The Kier molecular flexibility index (Phi) is 7.48. The predicted molar refractivity (Wildman–Crippen MR) is 150 cm³/mol. The van der Waals surface area contributed by atoms with Gasteiger partial charge in [-0.15, -0.1) is 0 Å². The zero-order valence-corrected chi connectivity index (χ0v) is 22.5. The molecule has 1 aliphatic rings. The Hall–Kier alpha value is -3.67. The number of nitrogens with one attached hydrogen (secondary N) is 1. The van der Waals surface area contributed by atoms with Crippen LogP contribution in [0.5, 0.6) is 5.75 Å². The molecule has 1 heterocycles. The predicted octanol–water partition coefficient (Wildman–Crippen LogP) is 3.46. The smallest absolute Gasteiger partial charge is 0.492 e. The Bertz CT molecular complexity index is 1570. The number of benzene rings is 3. The van der Waals surface area contributed by atoms with Crippen LogP contribution < -0.4 is 19.8 Å². The lowest BCUT2D eigenvalue weighted by molar-refractivity contribution is 0.0964. The third-order valence-corrected chi connectivity index (χ3v) is 7.84. The number of amides is 1. The molecule has 3 aromatic carbocycles. The van der Waals surface area contributed by atoms with E-state index in [2.05, 4.69) is 5.32 Å². The van der Waals surface area contributed by atoms with Crippen molar-refractivity contribution in [3.63, 3.8) is 0 Å². The monoisotopic (exact) mass is 550 g/mol. The van der Waals surface area contributed by atoms with Crippen LogP contribution in [-0.2, 0) is 17.5 Å². The van der Waals surface area contributed by atoms with Crippen LogP contribution in [0.1, 0.15) is 40.2 Å². The third kappa shape index (κ3) is 5.30. The zero-order chi connectivity index (χ0) is 27.8. The van der Waals surface area contributed by atoms with E-state index < -0.39 is 23.9 Å².